The normalized spacial score (nSPS) is 12.1. The molecule has 0 amide bonds. The van der Waals surface area contributed by atoms with E-state index in [1.165, 1.54) is 10.5 Å². The maximum Gasteiger partial charge on any atom is 0.303 e. The Morgan fingerprint density at radius 2 is 2.31 bits per heavy atom. The summed E-state index contributed by atoms with van der Waals surface area (Å²) in [5.41, 5.74) is 1.23. The van der Waals surface area contributed by atoms with Crippen LogP contribution in [-0.2, 0) is 4.79 Å². The van der Waals surface area contributed by atoms with E-state index in [0.717, 1.165) is 4.47 Å². The smallest absolute Gasteiger partial charge is 0.303 e. The maximum absolute atomic E-state index is 10.5. The summed E-state index contributed by atoms with van der Waals surface area (Å²) in [7, 11) is 0. The van der Waals surface area contributed by atoms with E-state index in [0.29, 0.717) is 12.3 Å². The van der Waals surface area contributed by atoms with E-state index in [-0.39, 0.29) is 6.42 Å². The molecule has 16 heavy (non-hydrogen) atoms. The third-order valence-corrected chi connectivity index (χ3v) is 3.94. The highest BCUT2D eigenvalue weighted by molar-refractivity contribution is 9.10. The lowest BCUT2D eigenvalue weighted by atomic mass is 10.00. The Kier molecular flexibility index (Phi) is 5.22. The molecule has 1 rings (SSSR count). The molecule has 0 radical (unpaired) electrons. The van der Waals surface area contributed by atoms with Crippen LogP contribution in [0.2, 0.25) is 0 Å². The van der Waals surface area contributed by atoms with E-state index in [9.17, 15) is 4.79 Å². The maximum atomic E-state index is 10.5. The molecule has 1 aromatic heterocycles. The van der Waals surface area contributed by atoms with E-state index >= 15 is 0 Å². The summed E-state index contributed by atoms with van der Waals surface area (Å²) in [6.07, 6.45) is 2.83. The number of rotatable bonds is 5. The van der Waals surface area contributed by atoms with Gasteiger partial charge in [0.05, 0.1) is 0 Å². The fourth-order valence-electron chi connectivity index (χ4n) is 1.44. The Balaban J connectivity index is 2.79. The highest BCUT2D eigenvalue weighted by atomic mass is 79.9. The molecule has 1 aromatic rings. The van der Waals surface area contributed by atoms with Gasteiger partial charge in [-0.2, -0.15) is 0 Å². The first-order valence-corrected chi connectivity index (χ1v) is 6.84. The summed E-state index contributed by atoms with van der Waals surface area (Å²) in [4.78, 5) is 11.7. The van der Waals surface area contributed by atoms with Crippen molar-refractivity contribution >= 4 is 38.8 Å². The summed E-state index contributed by atoms with van der Waals surface area (Å²) >= 11 is 5.11. The minimum Gasteiger partial charge on any atom is -0.481 e. The highest BCUT2D eigenvalue weighted by Crippen LogP contribution is 2.31. The topological polar surface area (TPSA) is 37.3 Å². The number of halogens is 1. The van der Waals surface area contributed by atoms with Crippen molar-refractivity contribution < 1.29 is 9.90 Å². The monoisotopic (exact) mass is 302 g/mol. The van der Waals surface area contributed by atoms with Crippen LogP contribution in [0.3, 0.4) is 0 Å². The molecule has 1 N–H and O–H groups in total. The molecule has 2 nitrogen and oxygen atoms in total. The fourth-order valence-corrected chi connectivity index (χ4v) is 3.05. The summed E-state index contributed by atoms with van der Waals surface area (Å²) in [5.74, 6) is -0.328. The lowest BCUT2D eigenvalue weighted by Crippen LogP contribution is -1.95. The Hall–Kier alpha value is -0.610. The van der Waals surface area contributed by atoms with Crippen LogP contribution in [0.25, 0.3) is 5.57 Å². The standard InChI is InChI=1S/C12H15BrO2S/c1-8(2)10(4-3-5-12(14)15)11-6-9(13)7-16-11/h4,6-8H,3,5H2,1-2H3,(H,14,15)/b10-4+. The first-order valence-electron chi connectivity index (χ1n) is 5.17. The minimum atomic E-state index is -0.744. The van der Waals surface area contributed by atoms with Gasteiger partial charge in [0.1, 0.15) is 0 Å². The van der Waals surface area contributed by atoms with Crippen LogP contribution in [-0.4, -0.2) is 11.1 Å². The van der Waals surface area contributed by atoms with Gasteiger partial charge < -0.3 is 5.11 Å². The van der Waals surface area contributed by atoms with Gasteiger partial charge >= 0.3 is 5.97 Å². The molecule has 0 spiro atoms. The van der Waals surface area contributed by atoms with Gasteiger partial charge in [-0.25, -0.2) is 0 Å². The van der Waals surface area contributed by atoms with E-state index in [1.54, 1.807) is 11.3 Å². The van der Waals surface area contributed by atoms with Crippen molar-refractivity contribution in [1.29, 1.82) is 0 Å². The number of hydrogen-bond donors (Lipinski definition) is 1. The first-order chi connectivity index (χ1) is 7.50. The first kappa shape index (κ1) is 13.5. The second kappa shape index (κ2) is 6.21. The van der Waals surface area contributed by atoms with Crippen LogP contribution < -0.4 is 0 Å². The van der Waals surface area contributed by atoms with Gasteiger partial charge in [0, 0.05) is 21.2 Å². The lowest BCUT2D eigenvalue weighted by Gasteiger charge is -2.09. The zero-order chi connectivity index (χ0) is 12.1. The molecular weight excluding hydrogens is 288 g/mol. The predicted octanol–water partition coefficient (Wildman–Crippen LogP) is 4.41. The predicted molar refractivity (Wildman–Crippen MR) is 71.7 cm³/mol. The van der Waals surface area contributed by atoms with Crippen LogP contribution in [0.4, 0.5) is 0 Å². The molecule has 0 aliphatic heterocycles. The molecule has 0 saturated heterocycles. The van der Waals surface area contributed by atoms with Gasteiger partial charge in [-0.15, -0.1) is 11.3 Å². The summed E-state index contributed by atoms with van der Waals surface area (Å²) in [5, 5.41) is 10.6. The van der Waals surface area contributed by atoms with E-state index in [1.807, 2.05) is 11.5 Å². The number of carbonyl (C=O) groups is 1. The summed E-state index contributed by atoms with van der Waals surface area (Å²) in [6.45, 7) is 4.25. The van der Waals surface area contributed by atoms with E-state index in [4.69, 9.17) is 5.11 Å². The quantitative estimate of drug-likeness (QED) is 0.874. The van der Waals surface area contributed by atoms with Crippen LogP contribution >= 0.6 is 27.3 Å². The number of carboxylic acid groups (broad SMARTS) is 1. The summed E-state index contributed by atoms with van der Waals surface area (Å²) in [6, 6.07) is 2.08. The van der Waals surface area contributed by atoms with Crippen molar-refractivity contribution in [2.24, 2.45) is 5.92 Å². The van der Waals surface area contributed by atoms with E-state index in [2.05, 4.69) is 35.8 Å². The third kappa shape index (κ3) is 4.10. The van der Waals surface area contributed by atoms with Crippen LogP contribution in [0.5, 0.6) is 0 Å². The molecule has 0 saturated carbocycles. The van der Waals surface area contributed by atoms with Gasteiger partial charge in [0.2, 0.25) is 0 Å². The molecule has 0 atom stereocenters. The molecule has 0 aromatic carbocycles. The molecule has 0 fully saturated rings. The highest BCUT2D eigenvalue weighted by Gasteiger charge is 2.09. The molecule has 0 aliphatic carbocycles. The average Bonchev–Trinajstić information content (AvgIpc) is 2.58. The van der Waals surface area contributed by atoms with Gasteiger partial charge in [-0.1, -0.05) is 19.9 Å². The zero-order valence-electron chi connectivity index (χ0n) is 9.37. The lowest BCUT2D eigenvalue weighted by molar-refractivity contribution is -0.136. The molecule has 1 heterocycles. The Morgan fingerprint density at radius 3 is 2.75 bits per heavy atom. The average molecular weight is 303 g/mol. The van der Waals surface area contributed by atoms with Gasteiger partial charge in [0.25, 0.3) is 0 Å². The largest absolute Gasteiger partial charge is 0.481 e. The van der Waals surface area contributed by atoms with Crippen LogP contribution in [0.1, 0.15) is 31.6 Å². The molecule has 0 aliphatic rings. The SMILES string of the molecule is CC(C)/C(=C\CCC(=O)O)c1cc(Br)cs1. The second-order valence-corrected chi connectivity index (χ2v) is 5.70. The molecule has 0 unspecified atom stereocenters. The number of hydrogen-bond acceptors (Lipinski definition) is 2. The third-order valence-electron chi connectivity index (χ3n) is 2.20. The van der Waals surface area contributed by atoms with Crippen molar-refractivity contribution in [3.8, 4) is 0 Å². The Morgan fingerprint density at radius 1 is 1.62 bits per heavy atom. The van der Waals surface area contributed by atoms with Crippen molar-refractivity contribution in [1.82, 2.24) is 0 Å². The van der Waals surface area contributed by atoms with Gasteiger partial charge in [0.15, 0.2) is 0 Å². The fraction of sp³-hybridized carbons (Fsp3) is 0.417. The molecular formula is C12H15BrO2S. The van der Waals surface area contributed by atoms with Crippen LogP contribution in [0.15, 0.2) is 22.0 Å². The van der Waals surface area contributed by atoms with Crippen molar-refractivity contribution in [3.63, 3.8) is 0 Å². The van der Waals surface area contributed by atoms with Crippen molar-refractivity contribution in [3.05, 3.63) is 26.9 Å². The molecule has 88 valence electrons. The molecule has 0 bridgehead atoms. The number of aliphatic carboxylic acids is 1. The number of thiophene rings is 1. The van der Waals surface area contributed by atoms with Crippen molar-refractivity contribution in [2.75, 3.05) is 0 Å². The zero-order valence-corrected chi connectivity index (χ0v) is 11.8. The van der Waals surface area contributed by atoms with Crippen molar-refractivity contribution in [2.45, 2.75) is 26.7 Å². The van der Waals surface area contributed by atoms with Crippen LogP contribution in [0, 0.1) is 5.92 Å². The minimum absolute atomic E-state index is 0.197. The Bertz CT molecular complexity index is 393. The van der Waals surface area contributed by atoms with Gasteiger partial charge in [-0.05, 0) is 39.9 Å². The van der Waals surface area contributed by atoms with Gasteiger partial charge in [-0.3, -0.25) is 4.79 Å². The Labute approximate surface area is 108 Å². The summed E-state index contributed by atoms with van der Waals surface area (Å²) < 4.78 is 1.08. The second-order valence-electron chi connectivity index (χ2n) is 3.88. The number of carboxylic acids is 1. The molecule has 4 heteroatoms. The number of allylic oxidation sites excluding steroid dienone is 2. The van der Waals surface area contributed by atoms with E-state index < -0.39 is 5.97 Å².